The molecule has 0 spiro atoms. The predicted molar refractivity (Wildman–Crippen MR) is 245 cm³/mol. The van der Waals surface area contributed by atoms with Gasteiger partial charge in [-0.2, -0.15) is 0 Å². The molecule has 11 aromatic rings. The molecular formula is C56H37NO. The van der Waals surface area contributed by atoms with Gasteiger partial charge in [0.2, 0.25) is 0 Å². The maximum Gasteiger partial charge on any atom is 0.143 e. The second-order valence-corrected chi connectivity index (χ2v) is 14.9. The first-order valence-corrected chi connectivity index (χ1v) is 19.8. The van der Waals surface area contributed by atoms with E-state index in [1.54, 1.807) is 0 Å². The van der Waals surface area contributed by atoms with Crippen molar-refractivity contribution in [3.05, 3.63) is 224 Å². The molecule has 0 aliphatic carbocycles. The summed E-state index contributed by atoms with van der Waals surface area (Å²) in [5.41, 5.74) is 14.3. The maximum absolute atomic E-state index is 6.71. The van der Waals surface area contributed by atoms with Crippen LogP contribution in [0.15, 0.2) is 229 Å². The predicted octanol–water partition coefficient (Wildman–Crippen LogP) is 16.0. The normalized spacial score (nSPS) is 11.4. The van der Waals surface area contributed by atoms with E-state index in [1.807, 2.05) is 0 Å². The molecule has 0 atom stereocenters. The topological polar surface area (TPSA) is 16.4 Å². The summed E-state index contributed by atoms with van der Waals surface area (Å²) in [5, 5.41) is 6.97. The van der Waals surface area contributed by atoms with Crippen molar-refractivity contribution in [1.82, 2.24) is 0 Å². The van der Waals surface area contributed by atoms with Crippen LogP contribution >= 0.6 is 0 Å². The standard InChI is InChI=1S/C56H37NO/c1-3-16-38(17-4-1)43-34-44(39-18-5-2-6-19-39)37-46(36-43)57(45-24-13-23-42(35-45)48-28-14-22-40-20-7-9-25-47(40)48)53-30-12-11-27-50(53)51-29-15-31-54-55(51)52-33-32-41-21-8-10-26-49(41)56(52)58-54/h1-37H. The Balaban J connectivity index is 1.19. The van der Waals surface area contributed by atoms with E-state index in [-0.39, 0.29) is 0 Å². The lowest BCUT2D eigenvalue weighted by Crippen LogP contribution is -2.12. The monoisotopic (exact) mass is 739 g/mol. The van der Waals surface area contributed by atoms with Crippen LogP contribution in [0.3, 0.4) is 0 Å². The minimum Gasteiger partial charge on any atom is -0.455 e. The summed E-state index contributed by atoms with van der Waals surface area (Å²) in [6, 6.07) is 80.8. The number of hydrogen-bond acceptors (Lipinski definition) is 2. The molecule has 272 valence electrons. The first kappa shape index (κ1) is 33.6. The number of rotatable bonds is 7. The molecule has 0 unspecified atom stereocenters. The summed E-state index contributed by atoms with van der Waals surface area (Å²) < 4.78 is 6.71. The fraction of sp³-hybridized carbons (Fsp3) is 0. The van der Waals surface area contributed by atoms with E-state index in [0.717, 1.165) is 72.2 Å². The van der Waals surface area contributed by atoms with Crippen LogP contribution in [-0.4, -0.2) is 0 Å². The molecule has 0 saturated carbocycles. The first-order valence-electron chi connectivity index (χ1n) is 19.8. The highest BCUT2D eigenvalue weighted by Gasteiger charge is 2.22. The second-order valence-electron chi connectivity index (χ2n) is 14.9. The summed E-state index contributed by atoms with van der Waals surface area (Å²) in [6.07, 6.45) is 0. The van der Waals surface area contributed by atoms with Gasteiger partial charge in [0.15, 0.2) is 0 Å². The summed E-state index contributed by atoms with van der Waals surface area (Å²) >= 11 is 0. The van der Waals surface area contributed by atoms with Gasteiger partial charge in [-0.3, -0.25) is 0 Å². The van der Waals surface area contributed by atoms with E-state index in [1.165, 1.54) is 32.8 Å². The number of benzene rings is 10. The molecule has 1 aromatic heterocycles. The van der Waals surface area contributed by atoms with Crippen LogP contribution in [0, 0.1) is 0 Å². The molecule has 0 aliphatic rings. The average Bonchev–Trinajstić information content (AvgIpc) is 3.70. The van der Waals surface area contributed by atoms with Gasteiger partial charge in [-0.15, -0.1) is 0 Å². The van der Waals surface area contributed by atoms with E-state index >= 15 is 0 Å². The third-order valence-electron chi connectivity index (χ3n) is 11.4. The van der Waals surface area contributed by atoms with Gasteiger partial charge in [-0.1, -0.05) is 176 Å². The average molecular weight is 740 g/mol. The molecule has 0 N–H and O–H groups in total. The molecule has 0 radical (unpaired) electrons. The molecule has 0 fully saturated rings. The third kappa shape index (κ3) is 5.82. The zero-order chi connectivity index (χ0) is 38.4. The van der Waals surface area contributed by atoms with E-state index in [9.17, 15) is 0 Å². The van der Waals surface area contributed by atoms with Gasteiger partial charge in [0.1, 0.15) is 11.2 Å². The molecule has 0 bridgehead atoms. The lowest BCUT2D eigenvalue weighted by molar-refractivity contribution is 0.673. The van der Waals surface area contributed by atoms with E-state index < -0.39 is 0 Å². The highest BCUT2D eigenvalue weighted by atomic mass is 16.3. The van der Waals surface area contributed by atoms with Gasteiger partial charge in [-0.25, -0.2) is 0 Å². The van der Waals surface area contributed by atoms with Crippen LogP contribution in [0.5, 0.6) is 0 Å². The van der Waals surface area contributed by atoms with Gasteiger partial charge in [0.05, 0.1) is 5.69 Å². The van der Waals surface area contributed by atoms with Crippen molar-refractivity contribution in [1.29, 1.82) is 0 Å². The Morgan fingerprint density at radius 2 is 0.862 bits per heavy atom. The zero-order valence-electron chi connectivity index (χ0n) is 31.7. The molecule has 2 nitrogen and oxygen atoms in total. The second kappa shape index (κ2) is 14.1. The molecule has 1 heterocycles. The van der Waals surface area contributed by atoms with Crippen molar-refractivity contribution >= 4 is 60.5 Å². The SMILES string of the molecule is c1ccc(-c2cc(-c3ccccc3)cc(N(c3cccc(-c4cccc5ccccc45)c3)c3ccccc3-c3cccc4oc5c6ccccc6ccc5c34)c2)cc1. The van der Waals surface area contributed by atoms with Gasteiger partial charge in [0, 0.05) is 33.1 Å². The molecule has 0 aliphatic heterocycles. The van der Waals surface area contributed by atoms with Crippen LogP contribution in [0.1, 0.15) is 0 Å². The maximum atomic E-state index is 6.71. The number of furan rings is 1. The Labute approximate surface area is 337 Å². The van der Waals surface area contributed by atoms with Gasteiger partial charge in [-0.05, 0) is 104 Å². The lowest BCUT2D eigenvalue weighted by atomic mass is 9.94. The van der Waals surface area contributed by atoms with Crippen LogP contribution in [-0.2, 0) is 0 Å². The molecule has 0 saturated heterocycles. The molecule has 58 heavy (non-hydrogen) atoms. The quantitative estimate of drug-likeness (QED) is 0.162. The van der Waals surface area contributed by atoms with Gasteiger partial charge >= 0.3 is 0 Å². The highest BCUT2D eigenvalue weighted by Crippen LogP contribution is 2.47. The van der Waals surface area contributed by atoms with E-state index in [4.69, 9.17) is 4.42 Å². The first-order chi connectivity index (χ1) is 28.8. The molecule has 2 heteroatoms. The Morgan fingerprint density at radius 3 is 1.64 bits per heavy atom. The Hall–Kier alpha value is -7.68. The number of anilines is 3. The van der Waals surface area contributed by atoms with Crippen molar-refractivity contribution in [3.63, 3.8) is 0 Å². The fourth-order valence-corrected chi connectivity index (χ4v) is 8.73. The number of hydrogen-bond donors (Lipinski definition) is 0. The Morgan fingerprint density at radius 1 is 0.310 bits per heavy atom. The van der Waals surface area contributed by atoms with E-state index in [0.29, 0.717) is 0 Å². The summed E-state index contributed by atoms with van der Waals surface area (Å²) in [6.45, 7) is 0. The van der Waals surface area contributed by atoms with Crippen LogP contribution < -0.4 is 4.90 Å². The van der Waals surface area contributed by atoms with E-state index in [2.05, 4.69) is 229 Å². The smallest absolute Gasteiger partial charge is 0.143 e. The minimum absolute atomic E-state index is 0.876. The third-order valence-corrected chi connectivity index (χ3v) is 11.4. The zero-order valence-corrected chi connectivity index (χ0v) is 31.7. The van der Waals surface area contributed by atoms with Gasteiger partial charge < -0.3 is 9.32 Å². The van der Waals surface area contributed by atoms with Crippen molar-refractivity contribution < 1.29 is 4.42 Å². The lowest BCUT2D eigenvalue weighted by Gasteiger charge is -2.29. The van der Waals surface area contributed by atoms with Crippen LogP contribution in [0.4, 0.5) is 17.1 Å². The van der Waals surface area contributed by atoms with Crippen LogP contribution in [0.25, 0.3) is 88.0 Å². The molecule has 11 rings (SSSR count). The number of nitrogens with zero attached hydrogens (tertiary/aromatic N) is 1. The van der Waals surface area contributed by atoms with Crippen LogP contribution in [0.2, 0.25) is 0 Å². The summed E-state index contributed by atoms with van der Waals surface area (Å²) in [5.74, 6) is 0. The minimum atomic E-state index is 0.876. The fourth-order valence-electron chi connectivity index (χ4n) is 8.73. The molecule has 10 aromatic carbocycles. The largest absolute Gasteiger partial charge is 0.455 e. The Bertz CT molecular complexity index is 3230. The summed E-state index contributed by atoms with van der Waals surface area (Å²) in [7, 11) is 0. The number of para-hydroxylation sites is 1. The Kier molecular flexibility index (Phi) is 8.19. The molecule has 0 amide bonds. The molecular weight excluding hydrogens is 703 g/mol. The van der Waals surface area contributed by atoms with Crippen molar-refractivity contribution in [2.45, 2.75) is 0 Å². The number of fused-ring (bicyclic) bond motifs is 6. The highest BCUT2D eigenvalue weighted by molar-refractivity contribution is 6.19. The van der Waals surface area contributed by atoms with Gasteiger partial charge in [0.25, 0.3) is 0 Å². The van der Waals surface area contributed by atoms with Crippen molar-refractivity contribution in [2.24, 2.45) is 0 Å². The summed E-state index contributed by atoms with van der Waals surface area (Å²) in [4.78, 5) is 2.44. The van der Waals surface area contributed by atoms with Crippen molar-refractivity contribution in [3.8, 4) is 44.5 Å². The van der Waals surface area contributed by atoms with Crippen molar-refractivity contribution in [2.75, 3.05) is 4.90 Å².